The lowest BCUT2D eigenvalue weighted by Crippen LogP contribution is -2.00. The molecule has 4 nitrogen and oxygen atoms in total. The van der Waals surface area contributed by atoms with Gasteiger partial charge in [0.15, 0.2) is 0 Å². The van der Waals surface area contributed by atoms with Crippen LogP contribution in [-0.4, -0.2) is 13.1 Å². The van der Waals surface area contributed by atoms with Crippen molar-refractivity contribution in [2.45, 2.75) is 6.42 Å². The van der Waals surface area contributed by atoms with Gasteiger partial charge < -0.3 is 16.2 Å². The first-order chi connectivity index (χ1) is 7.54. The molecule has 0 spiro atoms. The second-order valence-electron chi connectivity index (χ2n) is 3.01. The van der Waals surface area contributed by atoms with Crippen LogP contribution in [-0.2, 0) is 9.53 Å². The highest BCUT2D eigenvalue weighted by Crippen LogP contribution is 2.20. The standard InChI is InChI=1S/C11H11FN2O2/c1-16-10(15)4-2-3-7-5-8(12)6-9(13)11(7)14/h5-6H,4,13-14H2,1H3. The fraction of sp³-hybridized carbons (Fsp3) is 0.182. The Kier molecular flexibility index (Phi) is 3.72. The summed E-state index contributed by atoms with van der Waals surface area (Å²) in [6.45, 7) is 0. The topological polar surface area (TPSA) is 78.3 Å². The Morgan fingerprint density at radius 1 is 1.50 bits per heavy atom. The van der Waals surface area contributed by atoms with Crippen molar-refractivity contribution in [3.8, 4) is 11.8 Å². The molecular formula is C11H11FN2O2. The lowest BCUT2D eigenvalue weighted by molar-refractivity contribution is -0.139. The molecule has 0 radical (unpaired) electrons. The maximum Gasteiger partial charge on any atom is 0.317 e. The first kappa shape index (κ1) is 11.9. The third-order valence-corrected chi connectivity index (χ3v) is 1.86. The van der Waals surface area contributed by atoms with Crippen LogP contribution in [0.3, 0.4) is 0 Å². The molecule has 0 fully saturated rings. The number of methoxy groups -OCH3 is 1. The summed E-state index contributed by atoms with van der Waals surface area (Å²) in [5.74, 6) is 4.10. The molecule has 0 aliphatic rings. The lowest BCUT2D eigenvalue weighted by Gasteiger charge is -2.02. The van der Waals surface area contributed by atoms with Gasteiger partial charge in [0, 0.05) is 0 Å². The first-order valence-electron chi connectivity index (χ1n) is 4.44. The molecule has 0 atom stereocenters. The van der Waals surface area contributed by atoms with Gasteiger partial charge in [-0.05, 0) is 12.1 Å². The number of nitrogen functional groups attached to an aromatic ring is 2. The molecule has 0 amide bonds. The molecule has 0 bridgehead atoms. The summed E-state index contributed by atoms with van der Waals surface area (Å²) < 4.78 is 17.4. The zero-order valence-corrected chi connectivity index (χ0v) is 8.71. The second-order valence-corrected chi connectivity index (χ2v) is 3.01. The van der Waals surface area contributed by atoms with Crippen LogP contribution in [0.2, 0.25) is 0 Å². The van der Waals surface area contributed by atoms with E-state index in [0.29, 0.717) is 0 Å². The Bertz CT molecular complexity index is 475. The molecule has 0 aromatic heterocycles. The van der Waals surface area contributed by atoms with Crippen LogP contribution < -0.4 is 11.5 Å². The van der Waals surface area contributed by atoms with Crippen LogP contribution in [0.1, 0.15) is 12.0 Å². The predicted octanol–water partition coefficient (Wildman–Crippen LogP) is 0.905. The van der Waals surface area contributed by atoms with E-state index >= 15 is 0 Å². The maximum atomic E-state index is 13.0. The zero-order valence-electron chi connectivity index (χ0n) is 8.71. The lowest BCUT2D eigenvalue weighted by atomic mass is 10.1. The molecule has 0 saturated carbocycles. The smallest absolute Gasteiger partial charge is 0.317 e. The van der Waals surface area contributed by atoms with Crippen molar-refractivity contribution in [1.29, 1.82) is 0 Å². The van der Waals surface area contributed by atoms with Crippen LogP contribution in [0.5, 0.6) is 0 Å². The van der Waals surface area contributed by atoms with Gasteiger partial charge in [-0.3, -0.25) is 4.79 Å². The van der Waals surface area contributed by atoms with E-state index < -0.39 is 11.8 Å². The van der Waals surface area contributed by atoms with E-state index in [1.165, 1.54) is 7.11 Å². The number of esters is 1. The molecule has 16 heavy (non-hydrogen) atoms. The number of nitrogens with two attached hydrogens (primary N) is 2. The third-order valence-electron chi connectivity index (χ3n) is 1.86. The average Bonchev–Trinajstić information content (AvgIpc) is 2.24. The summed E-state index contributed by atoms with van der Waals surface area (Å²) in [7, 11) is 1.26. The van der Waals surface area contributed by atoms with E-state index in [4.69, 9.17) is 11.5 Å². The third kappa shape index (κ3) is 2.89. The molecule has 0 saturated heterocycles. The van der Waals surface area contributed by atoms with Gasteiger partial charge in [0.1, 0.15) is 12.2 Å². The van der Waals surface area contributed by atoms with Gasteiger partial charge in [-0.2, -0.15) is 0 Å². The normalized spacial score (nSPS) is 9.12. The van der Waals surface area contributed by atoms with Gasteiger partial charge in [0.05, 0.1) is 24.0 Å². The van der Waals surface area contributed by atoms with Crippen molar-refractivity contribution in [2.24, 2.45) is 0 Å². The summed E-state index contributed by atoms with van der Waals surface area (Å²) in [5.41, 5.74) is 11.6. The van der Waals surface area contributed by atoms with Crippen LogP contribution in [0, 0.1) is 17.7 Å². The number of benzene rings is 1. The minimum Gasteiger partial charge on any atom is -0.468 e. The fourth-order valence-electron chi connectivity index (χ4n) is 1.03. The Morgan fingerprint density at radius 2 is 2.19 bits per heavy atom. The summed E-state index contributed by atoms with van der Waals surface area (Å²) >= 11 is 0. The van der Waals surface area contributed by atoms with E-state index in [1.807, 2.05) is 0 Å². The van der Waals surface area contributed by atoms with Crippen molar-refractivity contribution in [3.05, 3.63) is 23.5 Å². The molecule has 1 aromatic carbocycles. The number of hydrogen-bond acceptors (Lipinski definition) is 4. The van der Waals surface area contributed by atoms with Crippen molar-refractivity contribution in [2.75, 3.05) is 18.6 Å². The summed E-state index contributed by atoms with van der Waals surface area (Å²) in [5, 5.41) is 0. The summed E-state index contributed by atoms with van der Waals surface area (Å²) in [6, 6.07) is 2.27. The minimum atomic E-state index is -0.519. The maximum absolute atomic E-state index is 13.0. The van der Waals surface area contributed by atoms with E-state index in [0.717, 1.165) is 12.1 Å². The van der Waals surface area contributed by atoms with E-state index in [9.17, 15) is 9.18 Å². The molecule has 84 valence electrons. The first-order valence-corrected chi connectivity index (χ1v) is 4.44. The minimum absolute atomic E-state index is 0.0770. The van der Waals surface area contributed by atoms with Crippen LogP contribution in [0.4, 0.5) is 15.8 Å². The number of anilines is 2. The Hall–Kier alpha value is -2.22. The number of hydrogen-bond donors (Lipinski definition) is 2. The zero-order chi connectivity index (χ0) is 12.1. The fourth-order valence-corrected chi connectivity index (χ4v) is 1.03. The van der Waals surface area contributed by atoms with Gasteiger partial charge in [-0.15, -0.1) is 0 Å². The molecule has 4 N–H and O–H groups in total. The Labute approximate surface area is 92.4 Å². The predicted molar refractivity (Wildman–Crippen MR) is 58.7 cm³/mol. The highest BCUT2D eigenvalue weighted by Gasteiger charge is 2.03. The number of ether oxygens (including phenoxy) is 1. The van der Waals surface area contributed by atoms with E-state index in [1.54, 1.807) is 0 Å². The number of carbonyl (C=O) groups excluding carboxylic acids is 1. The van der Waals surface area contributed by atoms with E-state index in [-0.39, 0.29) is 23.4 Å². The highest BCUT2D eigenvalue weighted by molar-refractivity contribution is 5.74. The summed E-state index contributed by atoms with van der Waals surface area (Å²) in [6.07, 6.45) is -0.0770. The van der Waals surface area contributed by atoms with Crippen molar-refractivity contribution in [3.63, 3.8) is 0 Å². The van der Waals surface area contributed by atoms with Crippen LogP contribution in [0.15, 0.2) is 12.1 Å². The molecule has 5 heteroatoms. The molecule has 0 aliphatic carbocycles. The van der Waals surface area contributed by atoms with Gasteiger partial charge in [-0.25, -0.2) is 4.39 Å². The summed E-state index contributed by atoms with van der Waals surface area (Å²) in [4.78, 5) is 10.8. The monoisotopic (exact) mass is 222 g/mol. The number of halogens is 1. The van der Waals surface area contributed by atoms with Gasteiger partial charge >= 0.3 is 5.97 Å². The van der Waals surface area contributed by atoms with Gasteiger partial charge in [0.2, 0.25) is 0 Å². The highest BCUT2D eigenvalue weighted by atomic mass is 19.1. The quantitative estimate of drug-likeness (QED) is 0.420. The molecular weight excluding hydrogens is 211 g/mol. The van der Waals surface area contributed by atoms with Gasteiger partial charge in [0.25, 0.3) is 0 Å². The number of rotatable bonds is 1. The van der Waals surface area contributed by atoms with Crippen LogP contribution >= 0.6 is 0 Å². The molecule has 0 aliphatic heterocycles. The van der Waals surface area contributed by atoms with Crippen molar-refractivity contribution in [1.82, 2.24) is 0 Å². The molecule has 0 unspecified atom stereocenters. The van der Waals surface area contributed by atoms with Crippen LogP contribution in [0.25, 0.3) is 0 Å². The molecule has 1 aromatic rings. The Balaban J connectivity index is 2.92. The molecule has 1 rings (SSSR count). The second kappa shape index (κ2) is 5.03. The van der Waals surface area contributed by atoms with Gasteiger partial charge in [-0.1, -0.05) is 11.8 Å². The van der Waals surface area contributed by atoms with Crippen molar-refractivity contribution < 1.29 is 13.9 Å². The average molecular weight is 222 g/mol. The Morgan fingerprint density at radius 3 is 2.81 bits per heavy atom. The van der Waals surface area contributed by atoms with Crippen molar-refractivity contribution >= 4 is 17.3 Å². The number of carbonyl (C=O) groups is 1. The van der Waals surface area contributed by atoms with E-state index in [2.05, 4.69) is 16.6 Å². The SMILES string of the molecule is COC(=O)CC#Cc1cc(F)cc(N)c1N. The molecule has 0 heterocycles. The largest absolute Gasteiger partial charge is 0.468 e.